The van der Waals surface area contributed by atoms with Crippen LogP contribution in [0.3, 0.4) is 0 Å². The minimum Gasteiger partial charge on any atom is -0.274 e. The third-order valence-corrected chi connectivity index (χ3v) is 5.06. The molecule has 141 valence electrons. The van der Waals surface area contributed by atoms with Crippen LogP contribution in [0.25, 0.3) is 0 Å². The van der Waals surface area contributed by atoms with Crippen molar-refractivity contribution < 1.29 is 19.2 Å². The lowest BCUT2D eigenvalue weighted by Gasteiger charge is -2.16. The van der Waals surface area contributed by atoms with E-state index in [0.717, 1.165) is 0 Å². The van der Waals surface area contributed by atoms with E-state index < -0.39 is 0 Å². The summed E-state index contributed by atoms with van der Waals surface area (Å²) in [7, 11) is 0. The zero-order valence-corrected chi connectivity index (χ0v) is 15.5. The normalized spacial score (nSPS) is 15.7. The van der Waals surface area contributed by atoms with Crippen LogP contribution in [0, 0.1) is 12.8 Å². The molecule has 0 fully saturated rings. The molecule has 1 atom stereocenters. The number of benzene rings is 2. The highest BCUT2D eigenvalue weighted by molar-refractivity contribution is 6.22. The first kappa shape index (κ1) is 18.1. The van der Waals surface area contributed by atoms with E-state index in [1.165, 1.54) is 9.80 Å². The largest absolute Gasteiger partial charge is 0.274 e. The molecule has 0 saturated heterocycles. The standard InChI is InChI=1S/C22H19N2O4/c1-13(2)12-24-21(27)17-9-5-6-14(18(17)22(24)28)10-11-23-19(25)15-7-3-4-8-16(15)20(23)26/h3-9,13H,1,10-12H2,2H3. The topological polar surface area (TPSA) is 74.8 Å². The van der Waals surface area contributed by atoms with Crippen molar-refractivity contribution in [3.8, 4) is 0 Å². The SMILES string of the molecule is [CH2]C(C)CN1C(=O)c2cccc(CCN3C(=O)c4ccccc4C3=O)c2C1=O. The Balaban J connectivity index is 1.58. The second kappa shape index (κ2) is 6.71. The number of imide groups is 2. The lowest BCUT2D eigenvalue weighted by Crippen LogP contribution is -2.33. The average molecular weight is 375 g/mol. The average Bonchev–Trinajstić information content (AvgIpc) is 3.07. The number of nitrogens with zero attached hydrogens (tertiary/aromatic N) is 2. The van der Waals surface area contributed by atoms with Gasteiger partial charge in [-0.05, 0) is 43.0 Å². The van der Waals surface area contributed by atoms with Gasteiger partial charge in [-0.3, -0.25) is 29.0 Å². The molecule has 4 amide bonds. The molecule has 0 spiro atoms. The summed E-state index contributed by atoms with van der Waals surface area (Å²) < 4.78 is 0. The maximum Gasteiger partial charge on any atom is 0.261 e. The molecular formula is C22H19N2O4. The lowest BCUT2D eigenvalue weighted by molar-refractivity contribution is 0.0635. The Morgan fingerprint density at radius 2 is 1.36 bits per heavy atom. The summed E-state index contributed by atoms with van der Waals surface area (Å²) >= 11 is 0. The zero-order valence-electron chi connectivity index (χ0n) is 15.5. The molecule has 0 bridgehead atoms. The van der Waals surface area contributed by atoms with Crippen LogP contribution >= 0.6 is 0 Å². The Labute approximate surface area is 162 Å². The van der Waals surface area contributed by atoms with E-state index in [0.29, 0.717) is 34.2 Å². The highest BCUT2D eigenvalue weighted by Gasteiger charge is 2.38. The molecule has 2 aromatic rings. The number of hydrogen-bond donors (Lipinski definition) is 0. The molecule has 2 aliphatic rings. The van der Waals surface area contributed by atoms with E-state index in [-0.39, 0.29) is 42.6 Å². The Bertz CT molecular complexity index is 990. The fourth-order valence-corrected chi connectivity index (χ4v) is 3.76. The van der Waals surface area contributed by atoms with Crippen molar-refractivity contribution in [1.29, 1.82) is 0 Å². The van der Waals surface area contributed by atoms with Gasteiger partial charge in [-0.25, -0.2) is 0 Å². The number of carbonyl (C=O) groups excluding carboxylic acids is 4. The minimum atomic E-state index is -0.339. The van der Waals surface area contributed by atoms with Gasteiger partial charge in [-0.1, -0.05) is 31.2 Å². The molecule has 0 saturated carbocycles. The summed E-state index contributed by atoms with van der Waals surface area (Å²) in [4.78, 5) is 52.8. The second-order valence-corrected chi connectivity index (χ2v) is 7.22. The van der Waals surface area contributed by atoms with Crippen molar-refractivity contribution in [3.63, 3.8) is 0 Å². The summed E-state index contributed by atoms with van der Waals surface area (Å²) in [6.45, 7) is 6.10. The van der Waals surface area contributed by atoms with Crippen molar-refractivity contribution >= 4 is 23.6 Å². The quantitative estimate of drug-likeness (QED) is 0.753. The van der Waals surface area contributed by atoms with Crippen LogP contribution in [-0.2, 0) is 6.42 Å². The summed E-state index contributed by atoms with van der Waals surface area (Å²) in [6.07, 6.45) is 0.307. The molecular weight excluding hydrogens is 356 g/mol. The predicted octanol–water partition coefficient (Wildman–Crippen LogP) is 2.59. The van der Waals surface area contributed by atoms with E-state index in [9.17, 15) is 19.2 Å². The third-order valence-electron chi connectivity index (χ3n) is 5.06. The van der Waals surface area contributed by atoms with Crippen LogP contribution in [0.2, 0.25) is 0 Å². The van der Waals surface area contributed by atoms with Crippen molar-refractivity contribution in [1.82, 2.24) is 9.80 Å². The van der Waals surface area contributed by atoms with Crippen molar-refractivity contribution in [2.75, 3.05) is 13.1 Å². The highest BCUT2D eigenvalue weighted by Crippen LogP contribution is 2.28. The molecule has 2 aromatic carbocycles. The van der Waals surface area contributed by atoms with Gasteiger partial charge in [0.15, 0.2) is 0 Å². The van der Waals surface area contributed by atoms with Crippen molar-refractivity contribution in [3.05, 3.63) is 77.2 Å². The lowest BCUT2D eigenvalue weighted by atomic mass is 10.00. The summed E-state index contributed by atoms with van der Waals surface area (Å²) in [5.41, 5.74) is 2.18. The van der Waals surface area contributed by atoms with Crippen LogP contribution in [0.1, 0.15) is 53.9 Å². The van der Waals surface area contributed by atoms with E-state index in [4.69, 9.17) is 0 Å². The van der Waals surface area contributed by atoms with Crippen LogP contribution < -0.4 is 0 Å². The maximum atomic E-state index is 12.8. The summed E-state index contributed by atoms with van der Waals surface area (Å²) in [6, 6.07) is 11.8. The van der Waals surface area contributed by atoms with Gasteiger partial charge in [0, 0.05) is 13.1 Å². The fourth-order valence-electron chi connectivity index (χ4n) is 3.76. The van der Waals surface area contributed by atoms with E-state index in [1.54, 1.807) is 42.5 Å². The molecule has 28 heavy (non-hydrogen) atoms. The monoisotopic (exact) mass is 375 g/mol. The van der Waals surface area contributed by atoms with Crippen LogP contribution in [0.5, 0.6) is 0 Å². The first-order chi connectivity index (χ1) is 13.4. The van der Waals surface area contributed by atoms with Gasteiger partial charge in [-0.15, -0.1) is 0 Å². The molecule has 1 unspecified atom stereocenters. The molecule has 0 aliphatic carbocycles. The number of amides is 4. The number of rotatable bonds is 5. The van der Waals surface area contributed by atoms with Gasteiger partial charge in [0.05, 0.1) is 22.3 Å². The fraction of sp³-hybridized carbons (Fsp3) is 0.227. The van der Waals surface area contributed by atoms with Gasteiger partial charge >= 0.3 is 0 Å². The zero-order chi connectivity index (χ0) is 20.0. The Morgan fingerprint density at radius 3 is 1.96 bits per heavy atom. The Morgan fingerprint density at radius 1 is 0.786 bits per heavy atom. The second-order valence-electron chi connectivity index (χ2n) is 7.22. The maximum absolute atomic E-state index is 12.8. The van der Waals surface area contributed by atoms with E-state index in [1.807, 2.05) is 6.92 Å². The molecule has 6 nitrogen and oxygen atoms in total. The third kappa shape index (κ3) is 2.72. The smallest absolute Gasteiger partial charge is 0.261 e. The van der Waals surface area contributed by atoms with Gasteiger partial charge < -0.3 is 0 Å². The van der Waals surface area contributed by atoms with Crippen LogP contribution in [0.15, 0.2) is 42.5 Å². The molecule has 2 heterocycles. The first-order valence-electron chi connectivity index (χ1n) is 9.16. The van der Waals surface area contributed by atoms with Gasteiger partial charge in [-0.2, -0.15) is 0 Å². The number of carbonyl (C=O) groups is 4. The number of hydrogen-bond acceptors (Lipinski definition) is 4. The van der Waals surface area contributed by atoms with Gasteiger partial charge in [0.25, 0.3) is 23.6 Å². The number of fused-ring (bicyclic) bond motifs is 2. The molecule has 6 heteroatoms. The van der Waals surface area contributed by atoms with Gasteiger partial charge in [0.2, 0.25) is 0 Å². The highest BCUT2D eigenvalue weighted by atomic mass is 16.2. The molecule has 0 aromatic heterocycles. The molecule has 0 N–H and O–H groups in total. The van der Waals surface area contributed by atoms with E-state index >= 15 is 0 Å². The first-order valence-corrected chi connectivity index (χ1v) is 9.16. The Kier molecular flexibility index (Phi) is 4.34. The Hall–Kier alpha value is -3.28. The van der Waals surface area contributed by atoms with E-state index in [2.05, 4.69) is 6.92 Å². The van der Waals surface area contributed by atoms with Crippen molar-refractivity contribution in [2.45, 2.75) is 13.3 Å². The van der Waals surface area contributed by atoms with Crippen LogP contribution in [0.4, 0.5) is 0 Å². The van der Waals surface area contributed by atoms with Crippen LogP contribution in [-0.4, -0.2) is 46.5 Å². The van der Waals surface area contributed by atoms with Gasteiger partial charge in [0.1, 0.15) is 0 Å². The van der Waals surface area contributed by atoms with Crippen molar-refractivity contribution in [2.24, 2.45) is 5.92 Å². The molecule has 4 rings (SSSR count). The molecule has 2 aliphatic heterocycles. The summed E-state index contributed by atoms with van der Waals surface area (Å²) in [5.74, 6) is -1.40. The molecule has 1 radical (unpaired) electrons. The summed E-state index contributed by atoms with van der Waals surface area (Å²) in [5, 5.41) is 0. The minimum absolute atomic E-state index is 0.0796. The predicted molar refractivity (Wildman–Crippen MR) is 102 cm³/mol.